The van der Waals surface area contributed by atoms with E-state index in [0.717, 1.165) is 6.54 Å². The lowest BCUT2D eigenvalue weighted by atomic mass is 10.3. The number of rotatable bonds is 3. The van der Waals surface area contributed by atoms with Crippen LogP contribution in [0.2, 0.25) is 0 Å². The van der Waals surface area contributed by atoms with Gasteiger partial charge in [0, 0.05) is 13.1 Å². The Balaban J connectivity index is 1.96. The number of esters is 1. The van der Waals surface area contributed by atoms with Crippen molar-refractivity contribution in [3.63, 3.8) is 0 Å². The highest BCUT2D eigenvalue weighted by Gasteiger charge is 2.18. The maximum absolute atomic E-state index is 11.2. The zero-order valence-electron chi connectivity index (χ0n) is 9.56. The first-order valence-corrected chi connectivity index (χ1v) is 5.35. The summed E-state index contributed by atoms with van der Waals surface area (Å²) in [5.74, 6) is 0.354. The summed E-state index contributed by atoms with van der Waals surface area (Å²) in [6.45, 7) is 2.29. The number of piperazine rings is 1. The quantitative estimate of drug-likeness (QED) is 0.750. The normalized spacial score (nSPS) is 16.6. The van der Waals surface area contributed by atoms with E-state index in [0.29, 0.717) is 25.4 Å². The van der Waals surface area contributed by atoms with Crippen LogP contribution in [0.4, 0.5) is 0 Å². The Morgan fingerprint density at radius 2 is 2.41 bits per heavy atom. The van der Waals surface area contributed by atoms with Crippen LogP contribution in [0.25, 0.3) is 0 Å². The lowest BCUT2D eigenvalue weighted by Gasteiger charge is -2.25. The SMILES string of the molecule is COC(=O)c1ccc(CN2CCNC(=O)C2)o1. The van der Waals surface area contributed by atoms with Gasteiger partial charge in [0.1, 0.15) is 5.76 Å². The maximum Gasteiger partial charge on any atom is 0.373 e. The molecule has 0 aromatic carbocycles. The van der Waals surface area contributed by atoms with Gasteiger partial charge in [0.2, 0.25) is 11.7 Å². The van der Waals surface area contributed by atoms with Crippen LogP contribution in [0.1, 0.15) is 16.3 Å². The van der Waals surface area contributed by atoms with Gasteiger partial charge in [-0.25, -0.2) is 4.79 Å². The first-order valence-electron chi connectivity index (χ1n) is 5.35. The van der Waals surface area contributed by atoms with Crippen molar-refractivity contribution in [1.82, 2.24) is 10.2 Å². The van der Waals surface area contributed by atoms with Crippen molar-refractivity contribution >= 4 is 11.9 Å². The lowest BCUT2D eigenvalue weighted by molar-refractivity contribution is -0.124. The van der Waals surface area contributed by atoms with Crippen LogP contribution in [0.5, 0.6) is 0 Å². The number of nitrogens with one attached hydrogen (secondary N) is 1. The highest BCUT2D eigenvalue weighted by atomic mass is 16.5. The van der Waals surface area contributed by atoms with Crippen molar-refractivity contribution in [2.75, 3.05) is 26.7 Å². The van der Waals surface area contributed by atoms with Crippen molar-refractivity contribution in [1.29, 1.82) is 0 Å². The fraction of sp³-hybridized carbons (Fsp3) is 0.455. The molecule has 1 aromatic heterocycles. The number of furan rings is 1. The van der Waals surface area contributed by atoms with Crippen molar-refractivity contribution < 1.29 is 18.7 Å². The molecular formula is C11H14N2O4. The number of hydrogen-bond acceptors (Lipinski definition) is 5. The van der Waals surface area contributed by atoms with Gasteiger partial charge in [-0.15, -0.1) is 0 Å². The van der Waals surface area contributed by atoms with Crippen molar-refractivity contribution in [2.24, 2.45) is 0 Å². The number of ether oxygens (including phenoxy) is 1. The summed E-state index contributed by atoms with van der Waals surface area (Å²) < 4.78 is 9.87. The van der Waals surface area contributed by atoms with Crippen LogP contribution < -0.4 is 5.32 Å². The highest BCUT2D eigenvalue weighted by molar-refractivity contribution is 5.86. The number of hydrogen-bond donors (Lipinski definition) is 1. The molecule has 1 N–H and O–H groups in total. The third-order valence-corrected chi connectivity index (χ3v) is 2.55. The van der Waals surface area contributed by atoms with Crippen LogP contribution in [0, 0.1) is 0 Å². The standard InChI is InChI=1S/C11H14N2O4/c1-16-11(15)9-3-2-8(17-9)6-13-5-4-12-10(14)7-13/h2-3H,4-7H2,1H3,(H,12,14). The van der Waals surface area contributed by atoms with Gasteiger partial charge < -0.3 is 14.5 Å². The summed E-state index contributed by atoms with van der Waals surface area (Å²) >= 11 is 0. The molecule has 1 aliphatic rings. The largest absolute Gasteiger partial charge is 0.463 e. The summed E-state index contributed by atoms with van der Waals surface area (Å²) in [6, 6.07) is 3.30. The third-order valence-electron chi connectivity index (χ3n) is 2.55. The molecule has 0 radical (unpaired) electrons. The van der Waals surface area contributed by atoms with Crippen molar-refractivity contribution in [3.05, 3.63) is 23.7 Å². The van der Waals surface area contributed by atoms with E-state index in [9.17, 15) is 9.59 Å². The highest BCUT2D eigenvalue weighted by Crippen LogP contribution is 2.12. The summed E-state index contributed by atoms with van der Waals surface area (Å²) in [7, 11) is 1.31. The topological polar surface area (TPSA) is 71.8 Å². The minimum Gasteiger partial charge on any atom is -0.463 e. The van der Waals surface area contributed by atoms with E-state index in [1.807, 2.05) is 4.90 Å². The molecule has 6 heteroatoms. The molecule has 0 bridgehead atoms. The van der Waals surface area contributed by atoms with Crippen molar-refractivity contribution in [3.8, 4) is 0 Å². The molecule has 2 rings (SSSR count). The monoisotopic (exact) mass is 238 g/mol. The van der Waals surface area contributed by atoms with E-state index in [4.69, 9.17) is 4.42 Å². The molecule has 92 valence electrons. The predicted molar refractivity (Wildman–Crippen MR) is 58.3 cm³/mol. The first-order chi connectivity index (χ1) is 8.19. The molecule has 1 saturated heterocycles. The van der Waals surface area contributed by atoms with Gasteiger partial charge in [-0.2, -0.15) is 0 Å². The van der Waals surface area contributed by atoms with Crippen LogP contribution in [-0.4, -0.2) is 43.5 Å². The molecule has 0 atom stereocenters. The second kappa shape index (κ2) is 5.01. The zero-order valence-corrected chi connectivity index (χ0v) is 9.56. The fourth-order valence-corrected chi connectivity index (χ4v) is 1.72. The molecule has 1 aliphatic heterocycles. The molecule has 1 amide bonds. The number of carbonyl (C=O) groups excluding carboxylic acids is 2. The summed E-state index contributed by atoms with van der Waals surface area (Å²) in [5, 5.41) is 2.75. The second-order valence-electron chi connectivity index (χ2n) is 3.82. The zero-order chi connectivity index (χ0) is 12.3. The van der Waals surface area contributed by atoms with Gasteiger partial charge in [-0.1, -0.05) is 0 Å². The average Bonchev–Trinajstić information content (AvgIpc) is 2.76. The number of carbonyl (C=O) groups is 2. The number of amides is 1. The van der Waals surface area contributed by atoms with E-state index in [1.54, 1.807) is 12.1 Å². The molecule has 0 saturated carbocycles. The van der Waals surface area contributed by atoms with E-state index in [1.165, 1.54) is 7.11 Å². The molecule has 2 heterocycles. The summed E-state index contributed by atoms with van der Waals surface area (Å²) in [4.78, 5) is 24.3. The summed E-state index contributed by atoms with van der Waals surface area (Å²) in [6.07, 6.45) is 0. The predicted octanol–water partition coefficient (Wildman–Crippen LogP) is -0.00200. The Kier molecular flexibility index (Phi) is 3.43. The third kappa shape index (κ3) is 2.85. The molecular weight excluding hydrogens is 224 g/mol. The van der Waals surface area contributed by atoms with Crippen LogP contribution in [-0.2, 0) is 16.1 Å². The van der Waals surface area contributed by atoms with E-state index < -0.39 is 5.97 Å². The Bertz CT molecular complexity index is 427. The Morgan fingerprint density at radius 3 is 3.12 bits per heavy atom. The van der Waals surface area contributed by atoms with Crippen LogP contribution >= 0.6 is 0 Å². The van der Waals surface area contributed by atoms with Gasteiger partial charge in [0.05, 0.1) is 20.2 Å². The summed E-state index contributed by atoms with van der Waals surface area (Å²) in [5.41, 5.74) is 0. The molecule has 0 spiro atoms. The number of nitrogens with zero attached hydrogens (tertiary/aromatic N) is 1. The molecule has 17 heavy (non-hydrogen) atoms. The minimum atomic E-state index is -0.493. The van der Waals surface area contributed by atoms with E-state index in [2.05, 4.69) is 10.1 Å². The maximum atomic E-state index is 11.2. The van der Waals surface area contributed by atoms with Crippen LogP contribution in [0.15, 0.2) is 16.5 Å². The Morgan fingerprint density at radius 1 is 1.59 bits per heavy atom. The minimum absolute atomic E-state index is 0.0102. The Labute approximate surface area is 98.5 Å². The van der Waals surface area contributed by atoms with E-state index >= 15 is 0 Å². The fourth-order valence-electron chi connectivity index (χ4n) is 1.72. The average molecular weight is 238 g/mol. The lowest BCUT2D eigenvalue weighted by Crippen LogP contribution is -2.47. The molecule has 0 aliphatic carbocycles. The number of methoxy groups -OCH3 is 1. The van der Waals surface area contributed by atoms with Crippen LogP contribution in [0.3, 0.4) is 0 Å². The smallest absolute Gasteiger partial charge is 0.373 e. The second-order valence-corrected chi connectivity index (χ2v) is 3.82. The van der Waals surface area contributed by atoms with Gasteiger partial charge in [-0.3, -0.25) is 9.69 Å². The molecule has 0 unspecified atom stereocenters. The van der Waals surface area contributed by atoms with E-state index in [-0.39, 0.29) is 11.7 Å². The van der Waals surface area contributed by atoms with Gasteiger partial charge in [0.15, 0.2) is 0 Å². The van der Waals surface area contributed by atoms with Crippen molar-refractivity contribution in [2.45, 2.75) is 6.54 Å². The first kappa shape index (κ1) is 11.7. The van der Waals surface area contributed by atoms with Gasteiger partial charge in [-0.05, 0) is 12.1 Å². The van der Waals surface area contributed by atoms with Gasteiger partial charge in [0.25, 0.3) is 0 Å². The molecule has 1 aromatic rings. The molecule has 6 nitrogen and oxygen atoms in total. The molecule has 1 fully saturated rings. The van der Waals surface area contributed by atoms with Gasteiger partial charge >= 0.3 is 5.97 Å². The Hall–Kier alpha value is -1.82.